The number of alkyl carbamates (subject to hydrolysis) is 1. The van der Waals surface area contributed by atoms with Gasteiger partial charge in [0.1, 0.15) is 63.4 Å². The number of hydrogen-bond acceptors (Lipinski definition) is 11. The molecule has 2 aromatic heterocycles. The number of aromatic nitrogens is 2. The lowest BCUT2D eigenvalue weighted by Gasteiger charge is -2.31. The second-order valence-corrected chi connectivity index (χ2v) is 22.3. The van der Waals surface area contributed by atoms with E-state index in [9.17, 15) is 23.8 Å². The van der Waals surface area contributed by atoms with Crippen LogP contribution >= 0.6 is 41.9 Å². The molecule has 66 heavy (non-hydrogen) atoms. The Hall–Kier alpha value is -4.28. The zero-order valence-electron chi connectivity index (χ0n) is 37.0. The van der Waals surface area contributed by atoms with Crippen molar-refractivity contribution in [1.29, 1.82) is 0 Å². The molecule has 2 aromatic carbocycles. The lowest BCUT2D eigenvalue weighted by atomic mass is 10.0. The summed E-state index contributed by atoms with van der Waals surface area (Å²) in [6.07, 6.45) is 5.02. The van der Waals surface area contributed by atoms with E-state index in [1.54, 1.807) is 18.2 Å². The summed E-state index contributed by atoms with van der Waals surface area (Å²) >= 11 is 14.3. The summed E-state index contributed by atoms with van der Waals surface area (Å²) in [5.41, 5.74) is 0.723. The molecule has 2 aliphatic heterocycles. The molecular formula is C46H55Cl2F2N6O8PS. The highest BCUT2D eigenvalue weighted by Crippen LogP contribution is 2.72. The molecule has 0 spiro atoms. The molecule has 4 aromatic rings. The van der Waals surface area contributed by atoms with Crippen molar-refractivity contribution in [3.05, 3.63) is 63.0 Å². The van der Waals surface area contributed by atoms with Crippen LogP contribution in [0.4, 0.5) is 18.7 Å². The molecule has 6 atom stereocenters. The van der Waals surface area contributed by atoms with Gasteiger partial charge in [0.2, 0.25) is 19.2 Å². The largest absolute Gasteiger partial charge is 0.495 e. The number of pyridine rings is 1. The second-order valence-electron chi connectivity index (χ2n) is 18.2. The van der Waals surface area contributed by atoms with Crippen molar-refractivity contribution in [2.24, 2.45) is 5.92 Å². The van der Waals surface area contributed by atoms with Crippen molar-refractivity contribution < 1.29 is 46.8 Å². The van der Waals surface area contributed by atoms with Crippen molar-refractivity contribution in [1.82, 2.24) is 25.5 Å². The van der Waals surface area contributed by atoms with E-state index in [1.807, 2.05) is 19.2 Å². The Morgan fingerprint density at radius 3 is 2.47 bits per heavy atom. The first-order valence-corrected chi connectivity index (χ1v) is 26.2. The molecule has 356 valence electrons. The molecule has 4 aliphatic rings. The van der Waals surface area contributed by atoms with Crippen LogP contribution in [-0.2, 0) is 25.1 Å². The number of rotatable bonds is 11. The molecule has 4 fully saturated rings. The summed E-state index contributed by atoms with van der Waals surface area (Å²) < 4.78 is 63.0. The predicted molar refractivity (Wildman–Crippen MR) is 250 cm³/mol. The van der Waals surface area contributed by atoms with Gasteiger partial charge in [-0.05, 0) is 89.0 Å². The first kappa shape index (κ1) is 48.2. The molecule has 8 rings (SSSR count). The maximum atomic E-state index is 15.3. The van der Waals surface area contributed by atoms with Crippen molar-refractivity contribution in [2.75, 3.05) is 19.0 Å². The van der Waals surface area contributed by atoms with Gasteiger partial charge in [-0.2, -0.15) is 0 Å². The standard InChI is InChI=1S/C46H55Cl2F2N6O8PS/c1-25(2)51-44-53-35(24-66-44)34-20-38(29-15-18-37(62-3)39(48)41(29)52-34)63-28-19-36-42(57)55-46(65(60,61)23-30-32(49)17-16-31(47)40(30)50)21-26(46)11-7-5-4-6-8-14-33(43(58)56(36)22-28)54-45(59)64-27-12-9-10-13-27/h15-18,20,24-28,33,36H,4-14,19,21-23H2,1-3H3,(H,51,53)(H,54,59)(H,55,57)(H,60,61)/t26-,28+,33-,36-,46-/m0/s1. The predicted octanol–water partition coefficient (Wildman–Crippen LogP) is 10.2. The van der Waals surface area contributed by atoms with Crippen molar-refractivity contribution in [2.45, 2.75) is 139 Å². The van der Waals surface area contributed by atoms with Gasteiger partial charge in [-0.1, -0.05) is 55.3 Å². The fourth-order valence-corrected chi connectivity index (χ4v) is 13.4. The summed E-state index contributed by atoms with van der Waals surface area (Å²) in [4.78, 5) is 66.0. The highest BCUT2D eigenvalue weighted by Gasteiger charge is 2.66. The summed E-state index contributed by atoms with van der Waals surface area (Å²) in [5.74, 6) is -3.21. The third kappa shape index (κ3) is 10.3. The van der Waals surface area contributed by atoms with E-state index in [0.717, 1.165) is 57.1 Å². The molecule has 2 saturated carbocycles. The number of carbonyl (C=O) groups excluding carboxylic acids is 3. The highest BCUT2D eigenvalue weighted by molar-refractivity contribution is 7.59. The van der Waals surface area contributed by atoms with Gasteiger partial charge in [-0.3, -0.25) is 14.2 Å². The number of ether oxygens (including phenoxy) is 3. The molecule has 0 radical (unpaired) electrons. The molecule has 2 saturated heterocycles. The van der Waals surface area contributed by atoms with E-state index in [0.29, 0.717) is 58.2 Å². The Bertz CT molecular complexity index is 2530. The normalized spacial score (nSPS) is 25.0. The van der Waals surface area contributed by atoms with E-state index in [1.165, 1.54) is 23.3 Å². The molecule has 4 N–H and O–H groups in total. The number of benzene rings is 2. The van der Waals surface area contributed by atoms with Gasteiger partial charge in [0.15, 0.2) is 5.13 Å². The number of fused-ring (bicyclic) bond motifs is 3. The first-order chi connectivity index (χ1) is 31.6. The minimum atomic E-state index is -4.64. The zero-order chi connectivity index (χ0) is 46.9. The molecule has 4 heterocycles. The van der Waals surface area contributed by atoms with Gasteiger partial charge in [-0.15, -0.1) is 11.3 Å². The Balaban J connectivity index is 1.15. The fraction of sp³-hybridized carbons (Fsp3) is 0.543. The second kappa shape index (κ2) is 20.1. The van der Waals surface area contributed by atoms with Crippen LogP contribution in [0.25, 0.3) is 22.3 Å². The van der Waals surface area contributed by atoms with Crippen LogP contribution in [-0.4, -0.2) is 86.9 Å². The van der Waals surface area contributed by atoms with Gasteiger partial charge in [-0.25, -0.2) is 23.5 Å². The molecule has 2 aliphatic carbocycles. The Morgan fingerprint density at radius 1 is 1.00 bits per heavy atom. The summed E-state index contributed by atoms with van der Waals surface area (Å²) in [7, 11) is -3.14. The summed E-state index contributed by atoms with van der Waals surface area (Å²) in [6.45, 7) is 3.90. The Labute approximate surface area is 396 Å². The number of amides is 3. The topological polar surface area (TPSA) is 181 Å². The molecule has 1 unspecified atom stereocenters. The summed E-state index contributed by atoms with van der Waals surface area (Å²) in [6, 6.07) is 4.95. The zero-order valence-corrected chi connectivity index (χ0v) is 40.3. The number of halogens is 4. The molecule has 0 bridgehead atoms. The number of thiazole rings is 1. The third-order valence-electron chi connectivity index (χ3n) is 13.1. The van der Waals surface area contributed by atoms with Gasteiger partial charge in [0.05, 0.1) is 36.0 Å². The maximum Gasteiger partial charge on any atom is 0.408 e. The van der Waals surface area contributed by atoms with E-state index in [4.69, 9.17) is 47.4 Å². The average Bonchev–Trinajstić information content (AvgIpc) is 3.69. The van der Waals surface area contributed by atoms with E-state index in [2.05, 4.69) is 16.0 Å². The van der Waals surface area contributed by atoms with Crippen molar-refractivity contribution in [3.63, 3.8) is 0 Å². The van der Waals surface area contributed by atoms with Crippen LogP contribution in [0.2, 0.25) is 10.0 Å². The Kier molecular flexibility index (Phi) is 14.7. The number of hydrogen-bond donors (Lipinski definition) is 4. The van der Waals surface area contributed by atoms with E-state index >= 15 is 8.78 Å². The maximum absolute atomic E-state index is 15.3. The van der Waals surface area contributed by atoms with Gasteiger partial charge < -0.3 is 40.0 Å². The molecule has 14 nitrogen and oxygen atoms in total. The first-order valence-electron chi connectivity index (χ1n) is 22.7. The van der Waals surface area contributed by atoms with Crippen LogP contribution in [0.5, 0.6) is 11.5 Å². The third-order valence-corrected chi connectivity index (χ3v) is 17.2. The minimum Gasteiger partial charge on any atom is -0.495 e. The van der Waals surface area contributed by atoms with Crippen LogP contribution in [0, 0.1) is 17.6 Å². The SMILES string of the molecule is COc1ccc2c(O[C@@H]3C[C@H]4C(=O)N[C@]5(P(=O)(O)Cc6c(F)ccc(Cl)c6F)C[C@@H]5CCCCCCC[C@H](NC(=O)OC5CCCC5)C(=O)N4C3)cc(-c3csc(NC(C)C)n3)nc2c1Cl. The van der Waals surface area contributed by atoms with Crippen LogP contribution < -0.4 is 25.4 Å². The number of nitrogens with one attached hydrogen (secondary N) is 3. The fourth-order valence-electron chi connectivity index (χ4n) is 9.61. The highest BCUT2D eigenvalue weighted by atomic mass is 35.5. The molecular weight excluding hydrogens is 936 g/mol. The van der Waals surface area contributed by atoms with Crippen LogP contribution in [0.15, 0.2) is 35.7 Å². The number of nitrogens with zero attached hydrogens (tertiary/aromatic N) is 3. The number of methoxy groups -OCH3 is 1. The number of carbonyl (C=O) groups is 3. The Morgan fingerprint density at radius 2 is 1.73 bits per heavy atom. The van der Waals surface area contributed by atoms with Crippen molar-refractivity contribution >= 4 is 75.8 Å². The molecule has 20 heteroatoms. The molecule has 3 amide bonds. The van der Waals surface area contributed by atoms with E-state index < -0.39 is 83.0 Å². The monoisotopic (exact) mass is 990 g/mol. The quantitative estimate of drug-likeness (QED) is 0.0829. The minimum absolute atomic E-state index is 0.0625. The van der Waals surface area contributed by atoms with Gasteiger partial charge >= 0.3 is 6.09 Å². The lowest BCUT2D eigenvalue weighted by Crippen LogP contribution is -2.55. The average molecular weight is 992 g/mol. The summed E-state index contributed by atoms with van der Waals surface area (Å²) in [5, 5.41) is 10.2. The van der Waals surface area contributed by atoms with Gasteiger partial charge in [0.25, 0.3) is 0 Å². The smallest absolute Gasteiger partial charge is 0.408 e. The van der Waals surface area contributed by atoms with E-state index in [-0.39, 0.29) is 43.0 Å². The van der Waals surface area contributed by atoms with Crippen molar-refractivity contribution in [3.8, 4) is 22.9 Å². The number of anilines is 1. The van der Waals surface area contributed by atoms with Crippen LogP contribution in [0.3, 0.4) is 0 Å². The lowest BCUT2D eigenvalue weighted by molar-refractivity contribution is -0.140. The van der Waals surface area contributed by atoms with Crippen LogP contribution in [0.1, 0.15) is 103 Å². The van der Waals surface area contributed by atoms with Gasteiger partial charge in [0, 0.05) is 34.9 Å².